The highest BCUT2D eigenvalue weighted by Crippen LogP contribution is 2.24. The number of carbonyl (C=O) groups is 2. The first kappa shape index (κ1) is 26.7. The fraction of sp³-hybridized carbons (Fsp3) is 0.733. The first-order chi connectivity index (χ1) is 11.0. The molecule has 4 N–H and O–H groups in total. The molecule has 23 heavy (non-hydrogen) atoms. The normalized spacial score (nSPS) is 11.7. The fourth-order valence-corrected chi connectivity index (χ4v) is 2.77. The van der Waals surface area contributed by atoms with Gasteiger partial charge in [-0.25, -0.2) is 0 Å². The van der Waals surface area contributed by atoms with Crippen LogP contribution >= 0.6 is 8.22 Å². The van der Waals surface area contributed by atoms with Crippen LogP contribution in [-0.4, -0.2) is 50.4 Å². The first-order valence-electron chi connectivity index (χ1n) is 7.67. The van der Waals surface area contributed by atoms with Crippen LogP contribution < -0.4 is 15.9 Å². The van der Waals surface area contributed by atoms with E-state index in [0.29, 0.717) is 25.9 Å². The Bertz CT molecular complexity index is 314. The summed E-state index contributed by atoms with van der Waals surface area (Å²) in [5, 5.41) is 6.12. The van der Waals surface area contributed by atoms with Gasteiger partial charge in [-0.15, -0.1) is 12.8 Å². The van der Waals surface area contributed by atoms with E-state index in [0.717, 1.165) is 0 Å². The zero-order valence-corrected chi connectivity index (χ0v) is 15.8. The number of rotatable bonds is 10. The van der Waals surface area contributed by atoms with Gasteiger partial charge in [-0.05, 0) is 27.3 Å². The van der Waals surface area contributed by atoms with Gasteiger partial charge in [-0.3, -0.25) is 19.8 Å². The lowest BCUT2D eigenvalue weighted by Crippen LogP contribution is -2.37. The number of hydrogen-bond acceptors (Lipinski definition) is 7. The van der Waals surface area contributed by atoms with Gasteiger partial charge in [0, 0.05) is 14.4 Å². The molecule has 0 heterocycles. The van der Waals surface area contributed by atoms with Crippen LogP contribution in [0.3, 0.4) is 0 Å². The van der Waals surface area contributed by atoms with Crippen molar-refractivity contribution in [3.8, 4) is 12.8 Å². The summed E-state index contributed by atoms with van der Waals surface area (Å²) in [5.74, 6) is -0.637. The van der Waals surface area contributed by atoms with Gasteiger partial charge < -0.3 is 15.2 Å². The van der Waals surface area contributed by atoms with E-state index in [1.54, 1.807) is 20.8 Å². The monoisotopic (exact) mass is 349 g/mol. The lowest BCUT2D eigenvalue weighted by molar-refractivity contribution is -0.144. The van der Waals surface area contributed by atoms with Crippen LogP contribution in [0.15, 0.2) is 0 Å². The third-order valence-electron chi connectivity index (χ3n) is 2.06. The summed E-state index contributed by atoms with van der Waals surface area (Å²) in [4.78, 5) is 22.7. The van der Waals surface area contributed by atoms with Crippen molar-refractivity contribution in [3.05, 3.63) is 0 Å². The van der Waals surface area contributed by atoms with Crippen LogP contribution in [0.2, 0.25) is 0 Å². The number of terminal acetylenes is 1. The molecular weight excluding hydrogens is 317 g/mol. The van der Waals surface area contributed by atoms with Crippen molar-refractivity contribution in [2.75, 3.05) is 32.5 Å². The molecule has 0 radical (unpaired) electrons. The molecule has 136 valence electrons. The maximum absolute atomic E-state index is 11.5. The topological polar surface area (TPSA) is 103 Å². The van der Waals surface area contributed by atoms with Gasteiger partial charge in [0.15, 0.2) is 0 Å². The Morgan fingerprint density at radius 3 is 2.13 bits per heavy atom. The molecule has 0 rings (SSSR count). The summed E-state index contributed by atoms with van der Waals surface area (Å²) in [6, 6.07) is -0.438. The second-order valence-electron chi connectivity index (χ2n) is 3.68. The van der Waals surface area contributed by atoms with Gasteiger partial charge in [0.2, 0.25) is 0 Å². The highest BCUT2D eigenvalue weighted by Gasteiger charge is 2.19. The molecule has 1 unspecified atom stereocenters. The molecule has 0 saturated carbocycles. The zero-order chi connectivity index (χ0) is 18.7. The van der Waals surface area contributed by atoms with E-state index in [-0.39, 0.29) is 18.5 Å². The van der Waals surface area contributed by atoms with Crippen LogP contribution in [0.25, 0.3) is 0 Å². The summed E-state index contributed by atoms with van der Waals surface area (Å²) in [6.07, 6.45) is 8.65. The van der Waals surface area contributed by atoms with Gasteiger partial charge in [0.1, 0.15) is 6.04 Å². The maximum Gasteiger partial charge on any atom is 0.323 e. The first-order valence-corrected chi connectivity index (χ1v) is 9.20. The van der Waals surface area contributed by atoms with E-state index < -0.39 is 14.3 Å². The Morgan fingerprint density at radius 2 is 1.70 bits per heavy atom. The van der Waals surface area contributed by atoms with E-state index in [4.69, 9.17) is 15.2 Å². The largest absolute Gasteiger partial charge is 0.465 e. The molecule has 0 bridgehead atoms. The van der Waals surface area contributed by atoms with Crippen molar-refractivity contribution in [2.45, 2.75) is 40.7 Å². The van der Waals surface area contributed by atoms with E-state index in [9.17, 15) is 9.59 Å². The molecule has 2 atom stereocenters. The van der Waals surface area contributed by atoms with Gasteiger partial charge in [-0.2, -0.15) is 0 Å². The third kappa shape index (κ3) is 17.0. The Labute approximate surface area is 141 Å². The van der Waals surface area contributed by atoms with Crippen molar-refractivity contribution in [2.24, 2.45) is 5.73 Å². The average molecular weight is 349 g/mol. The third-order valence-corrected chi connectivity index (χ3v) is 4.01. The number of nitrogens with one attached hydrogen (secondary N) is 2. The zero-order valence-electron chi connectivity index (χ0n) is 14.9. The molecule has 0 aliphatic rings. The van der Waals surface area contributed by atoms with E-state index in [1.165, 1.54) is 0 Å². The Balaban J connectivity index is -0.000000919. The van der Waals surface area contributed by atoms with Crippen LogP contribution in [0.4, 0.5) is 0 Å². The minimum Gasteiger partial charge on any atom is -0.465 e. The Morgan fingerprint density at radius 1 is 1.17 bits per heavy atom. The van der Waals surface area contributed by atoms with Crippen molar-refractivity contribution in [1.82, 2.24) is 10.2 Å². The predicted molar refractivity (Wildman–Crippen MR) is 95.9 cm³/mol. The van der Waals surface area contributed by atoms with Gasteiger partial charge >= 0.3 is 11.9 Å². The number of nitrogens with two attached hydrogens (primary N) is 1. The minimum absolute atomic E-state index is 0.0993. The van der Waals surface area contributed by atoms with Crippen LogP contribution in [0.5, 0.6) is 0 Å². The molecule has 0 aliphatic carbocycles. The molecule has 0 spiro atoms. The molecule has 0 amide bonds. The number of hydrogen-bond donors (Lipinski definition) is 3. The van der Waals surface area contributed by atoms with Crippen molar-refractivity contribution >= 4 is 20.2 Å². The summed E-state index contributed by atoms with van der Waals surface area (Å²) in [7, 11) is -0.913. The van der Waals surface area contributed by atoms with Crippen molar-refractivity contribution in [1.29, 1.82) is 0 Å². The summed E-state index contributed by atoms with van der Waals surface area (Å²) in [5.41, 5.74) is 5.51. The smallest absolute Gasteiger partial charge is 0.323 e. The summed E-state index contributed by atoms with van der Waals surface area (Å²) >= 11 is 0. The van der Waals surface area contributed by atoms with E-state index in [1.807, 2.05) is 13.8 Å². The lowest BCUT2D eigenvalue weighted by Gasteiger charge is -2.22. The molecule has 0 aliphatic heterocycles. The molecule has 7 nitrogen and oxygen atoms in total. The second-order valence-corrected chi connectivity index (χ2v) is 5.56. The Hall–Kier alpha value is -1.19. The minimum atomic E-state index is -0.913. The quantitative estimate of drug-likeness (QED) is 0.310. The maximum atomic E-state index is 11.5. The molecule has 8 heteroatoms. The van der Waals surface area contributed by atoms with Crippen LogP contribution in [-0.2, 0) is 19.1 Å². The molecule has 0 saturated heterocycles. The molecular formula is C15H32N3O4P. The van der Waals surface area contributed by atoms with E-state index >= 15 is 0 Å². The fourth-order valence-electron chi connectivity index (χ4n) is 1.24. The van der Waals surface area contributed by atoms with Gasteiger partial charge in [0.05, 0.1) is 19.8 Å². The number of esters is 2. The molecule has 0 aromatic heterocycles. The lowest BCUT2D eigenvalue weighted by atomic mass is 10.4. The highest BCUT2D eigenvalue weighted by molar-refractivity contribution is 7.53. The number of ether oxygens (including phenoxy) is 2. The van der Waals surface area contributed by atoms with Gasteiger partial charge in [0.25, 0.3) is 0 Å². The van der Waals surface area contributed by atoms with Crippen molar-refractivity contribution in [3.63, 3.8) is 0 Å². The standard InChI is InChI=1S/C11H24N3O4P.C2H6.C2H2/c1-4-17-10(15)8-13-19(7-6-12)14-9(3)11(16)18-5-2;2*1-2/h9,13-14H,4-8,12H2,1-3H3;1-2H3;1-2H/t9-,19?;;/m0../s1. The summed E-state index contributed by atoms with van der Waals surface area (Å²) in [6.45, 7) is 10.5. The van der Waals surface area contributed by atoms with E-state index in [2.05, 4.69) is 23.0 Å². The predicted octanol–water partition coefficient (Wildman–Crippen LogP) is 1.23. The highest BCUT2D eigenvalue weighted by atomic mass is 31.1. The summed E-state index contributed by atoms with van der Waals surface area (Å²) < 4.78 is 9.72. The molecule has 0 fully saturated rings. The second kappa shape index (κ2) is 20.8. The molecule has 0 aromatic rings. The Kier molecular flexibility index (Phi) is 24.2. The molecule has 0 aromatic carbocycles. The SMILES string of the molecule is C#C.CC.CCOC(=O)CNP(CCN)N[C@@H](C)C(=O)OCC. The van der Waals surface area contributed by atoms with Crippen LogP contribution in [0, 0.1) is 12.8 Å². The van der Waals surface area contributed by atoms with Crippen molar-refractivity contribution < 1.29 is 19.1 Å². The van der Waals surface area contributed by atoms with Gasteiger partial charge in [-0.1, -0.05) is 13.8 Å². The van der Waals surface area contributed by atoms with Crippen LogP contribution in [0.1, 0.15) is 34.6 Å². The average Bonchev–Trinajstić information content (AvgIpc) is 2.57. The number of carbonyl (C=O) groups excluding carboxylic acids is 2.